The maximum Gasteiger partial charge on any atom is 0.490 e. The van der Waals surface area contributed by atoms with E-state index in [2.05, 4.69) is 26.0 Å². The zero-order chi connectivity index (χ0) is 10.4. The fraction of sp³-hybridized carbons (Fsp3) is 0.714. The zero-order valence-electron chi connectivity index (χ0n) is 7.60. The first kappa shape index (κ1) is 11.1. The van der Waals surface area contributed by atoms with E-state index in [-0.39, 0.29) is 5.95 Å². The molecule has 0 bridgehead atoms. The van der Waals surface area contributed by atoms with Crippen LogP contribution in [0.15, 0.2) is 6.33 Å². The molecular weight excluding hydrogens is 252 g/mol. The number of alkyl halides is 1. The Bertz CT molecular complexity index is 302. The molecule has 0 aliphatic heterocycles. The van der Waals surface area contributed by atoms with Gasteiger partial charge < -0.3 is 10.1 Å². The molecule has 1 rings (SSSR count). The van der Waals surface area contributed by atoms with E-state index in [1.165, 1.54) is 11.0 Å². The van der Waals surface area contributed by atoms with E-state index in [1.54, 1.807) is 0 Å². The summed E-state index contributed by atoms with van der Waals surface area (Å²) < 4.78 is 1.51. The normalized spacial score (nSPS) is 10.4. The van der Waals surface area contributed by atoms with Gasteiger partial charge in [-0.25, -0.2) is 0 Å². The molecule has 0 spiro atoms. The van der Waals surface area contributed by atoms with Gasteiger partial charge in [-0.2, -0.15) is 4.68 Å². The van der Waals surface area contributed by atoms with Crippen LogP contribution < -0.4 is 0 Å². The van der Waals surface area contributed by atoms with Crippen molar-refractivity contribution in [2.75, 3.05) is 5.33 Å². The molecule has 0 aliphatic rings. The molecule has 0 saturated carbocycles. The van der Waals surface area contributed by atoms with Crippen LogP contribution >= 0.6 is 15.9 Å². The minimum atomic E-state index is -0.588. The van der Waals surface area contributed by atoms with Crippen LogP contribution in [0.1, 0.15) is 19.3 Å². The van der Waals surface area contributed by atoms with Gasteiger partial charge >= 0.3 is 5.95 Å². The van der Waals surface area contributed by atoms with Gasteiger partial charge in [0.25, 0.3) is 0 Å². The molecule has 0 aromatic carbocycles. The number of aryl methyl sites for hydroxylation is 1. The Balaban J connectivity index is 2.33. The average Bonchev–Trinajstić information content (AvgIpc) is 2.61. The van der Waals surface area contributed by atoms with Crippen molar-refractivity contribution in [1.29, 1.82) is 0 Å². The van der Waals surface area contributed by atoms with E-state index >= 15 is 0 Å². The Kier molecular flexibility index (Phi) is 4.51. The Labute approximate surface area is 89.6 Å². The van der Waals surface area contributed by atoms with Crippen molar-refractivity contribution < 1.29 is 4.92 Å². The van der Waals surface area contributed by atoms with Crippen LogP contribution in [-0.2, 0) is 6.54 Å². The van der Waals surface area contributed by atoms with Gasteiger partial charge in [0, 0.05) is 10.4 Å². The summed E-state index contributed by atoms with van der Waals surface area (Å²) in [5, 5.41) is 14.9. The lowest BCUT2D eigenvalue weighted by atomic mass is 10.2. The summed E-state index contributed by atoms with van der Waals surface area (Å²) in [4.78, 5) is 13.2. The van der Waals surface area contributed by atoms with Gasteiger partial charge in [0.15, 0.2) is 0 Å². The molecule has 1 aromatic rings. The van der Waals surface area contributed by atoms with Gasteiger partial charge in [-0.05, 0) is 17.8 Å². The molecule has 14 heavy (non-hydrogen) atoms. The second-order valence-corrected chi connectivity index (χ2v) is 3.61. The van der Waals surface area contributed by atoms with Crippen LogP contribution in [-0.4, -0.2) is 25.0 Å². The molecule has 0 saturated heterocycles. The number of rotatable bonds is 6. The molecule has 7 heteroatoms. The van der Waals surface area contributed by atoms with Crippen molar-refractivity contribution in [3.8, 4) is 0 Å². The molecule has 0 radical (unpaired) electrons. The van der Waals surface area contributed by atoms with Crippen LogP contribution in [0.2, 0.25) is 0 Å². The minimum absolute atomic E-state index is 0.328. The summed E-state index contributed by atoms with van der Waals surface area (Å²) in [6.07, 6.45) is 4.55. The number of unbranched alkanes of at least 4 members (excludes halogenated alkanes) is 2. The van der Waals surface area contributed by atoms with Gasteiger partial charge in [-0.1, -0.05) is 27.3 Å². The third-order valence-corrected chi connectivity index (χ3v) is 2.27. The van der Waals surface area contributed by atoms with Crippen molar-refractivity contribution in [1.82, 2.24) is 14.8 Å². The number of nitro groups is 1. The predicted octanol–water partition coefficient (Wildman–Crippen LogP) is 1.75. The summed E-state index contributed by atoms with van der Waals surface area (Å²) in [5.74, 6) is -0.328. The first-order valence-electron chi connectivity index (χ1n) is 4.34. The Hall–Kier alpha value is -0.980. The number of aromatic nitrogens is 3. The molecule has 0 amide bonds. The lowest BCUT2D eigenvalue weighted by Gasteiger charge is -1.95. The molecule has 0 atom stereocenters. The molecular formula is C7H11BrN4O2. The summed E-state index contributed by atoms with van der Waals surface area (Å²) in [6, 6.07) is 0. The van der Waals surface area contributed by atoms with Gasteiger partial charge in [-0.3, -0.25) is 0 Å². The monoisotopic (exact) mass is 262 g/mol. The van der Waals surface area contributed by atoms with Crippen molar-refractivity contribution in [3.63, 3.8) is 0 Å². The lowest BCUT2D eigenvalue weighted by Crippen LogP contribution is -1.99. The topological polar surface area (TPSA) is 73.8 Å². The zero-order valence-corrected chi connectivity index (χ0v) is 9.18. The third kappa shape index (κ3) is 3.41. The maximum atomic E-state index is 10.3. The minimum Gasteiger partial charge on any atom is -0.390 e. The molecule has 0 fully saturated rings. The van der Waals surface area contributed by atoms with Crippen molar-refractivity contribution >= 4 is 21.9 Å². The quantitative estimate of drug-likeness (QED) is 0.339. The molecule has 0 N–H and O–H groups in total. The van der Waals surface area contributed by atoms with Gasteiger partial charge in [-0.15, -0.1) is 0 Å². The van der Waals surface area contributed by atoms with Crippen LogP contribution in [0, 0.1) is 10.1 Å². The summed E-state index contributed by atoms with van der Waals surface area (Å²) >= 11 is 3.33. The first-order valence-corrected chi connectivity index (χ1v) is 5.46. The maximum absolute atomic E-state index is 10.3. The van der Waals surface area contributed by atoms with E-state index in [9.17, 15) is 10.1 Å². The summed E-state index contributed by atoms with van der Waals surface area (Å²) in [6.45, 7) is 0.688. The third-order valence-electron chi connectivity index (χ3n) is 1.71. The van der Waals surface area contributed by atoms with Crippen LogP contribution in [0.3, 0.4) is 0 Å². The standard InChI is InChI=1S/C7H11BrN4O2/c8-4-2-1-3-5-11-6-9-7(10-11)12(13)14/h6H,1-5H2. The predicted molar refractivity (Wildman–Crippen MR) is 54.3 cm³/mol. The van der Waals surface area contributed by atoms with Crippen molar-refractivity contribution in [2.24, 2.45) is 0 Å². The van der Waals surface area contributed by atoms with Crippen LogP contribution in [0.25, 0.3) is 0 Å². The highest BCUT2D eigenvalue weighted by Gasteiger charge is 2.11. The molecule has 0 unspecified atom stereocenters. The highest BCUT2D eigenvalue weighted by Crippen LogP contribution is 2.03. The van der Waals surface area contributed by atoms with Gasteiger partial charge in [0.1, 0.15) is 0 Å². The number of hydrogen-bond donors (Lipinski definition) is 0. The fourth-order valence-corrected chi connectivity index (χ4v) is 1.42. The van der Waals surface area contributed by atoms with Crippen molar-refractivity contribution in [2.45, 2.75) is 25.8 Å². The van der Waals surface area contributed by atoms with E-state index in [4.69, 9.17) is 0 Å². The highest BCUT2D eigenvalue weighted by molar-refractivity contribution is 9.09. The SMILES string of the molecule is O=[N+]([O-])c1ncn(CCCCCBr)n1. The van der Waals surface area contributed by atoms with Crippen LogP contribution in [0.5, 0.6) is 0 Å². The first-order chi connectivity index (χ1) is 6.74. The lowest BCUT2D eigenvalue weighted by molar-refractivity contribution is -0.394. The average molecular weight is 263 g/mol. The summed E-state index contributed by atoms with van der Waals surface area (Å²) in [5.41, 5.74) is 0. The Morgan fingerprint density at radius 2 is 2.29 bits per heavy atom. The molecule has 78 valence electrons. The fourth-order valence-electron chi connectivity index (χ4n) is 1.02. The molecule has 6 nitrogen and oxygen atoms in total. The number of nitrogens with zero attached hydrogens (tertiary/aromatic N) is 4. The second kappa shape index (κ2) is 5.69. The molecule has 0 aliphatic carbocycles. The van der Waals surface area contributed by atoms with E-state index in [0.717, 1.165) is 24.6 Å². The largest absolute Gasteiger partial charge is 0.490 e. The number of hydrogen-bond acceptors (Lipinski definition) is 4. The highest BCUT2D eigenvalue weighted by atomic mass is 79.9. The van der Waals surface area contributed by atoms with E-state index < -0.39 is 4.92 Å². The molecule has 1 aromatic heterocycles. The van der Waals surface area contributed by atoms with E-state index in [0.29, 0.717) is 6.54 Å². The second-order valence-electron chi connectivity index (χ2n) is 2.81. The van der Waals surface area contributed by atoms with Crippen molar-refractivity contribution in [3.05, 3.63) is 16.4 Å². The smallest absolute Gasteiger partial charge is 0.390 e. The van der Waals surface area contributed by atoms with Gasteiger partial charge in [0.2, 0.25) is 6.33 Å². The Morgan fingerprint density at radius 3 is 2.86 bits per heavy atom. The van der Waals surface area contributed by atoms with E-state index in [1.807, 2.05) is 0 Å². The Morgan fingerprint density at radius 1 is 1.50 bits per heavy atom. The number of halogens is 1. The van der Waals surface area contributed by atoms with Gasteiger partial charge in [0.05, 0.1) is 6.54 Å². The van der Waals surface area contributed by atoms with Crippen LogP contribution in [0.4, 0.5) is 5.95 Å². The summed E-state index contributed by atoms with van der Waals surface area (Å²) in [7, 11) is 0. The molecule has 1 heterocycles.